The van der Waals surface area contributed by atoms with Gasteiger partial charge in [-0.1, -0.05) is 203 Å². The summed E-state index contributed by atoms with van der Waals surface area (Å²) in [5, 5.41) is 40.7. The van der Waals surface area contributed by atoms with Crippen LogP contribution in [-0.4, -0.2) is 203 Å². The number of aldehydes is 1. The van der Waals surface area contributed by atoms with Gasteiger partial charge in [0.15, 0.2) is 22.5 Å². The Labute approximate surface area is 738 Å². The van der Waals surface area contributed by atoms with Gasteiger partial charge < -0.3 is 60.3 Å². The molecule has 6 bridgehead atoms. The molecule has 28 nitrogen and oxygen atoms in total. The third-order valence-corrected chi connectivity index (χ3v) is 25.8. The number of rotatable bonds is 26. The minimum atomic E-state index is -3.70. The number of aliphatic hydroxyl groups is 1. The molecule has 3 aromatic carbocycles. The van der Waals surface area contributed by atoms with Crippen molar-refractivity contribution in [1.29, 1.82) is 0 Å². The molecule has 12 fully saturated rings. The number of terminal acetylenes is 2. The van der Waals surface area contributed by atoms with Crippen molar-refractivity contribution in [2.24, 2.45) is 45.8 Å². The van der Waals surface area contributed by atoms with E-state index in [1.54, 1.807) is 14.9 Å². The molecular formula is C88H129AlClLiN11O17P. The zero-order valence-corrected chi connectivity index (χ0v) is 71.1. The molecule has 12 aliphatic rings. The first kappa shape index (κ1) is 103. The van der Waals surface area contributed by atoms with Crippen molar-refractivity contribution >= 4 is 89.5 Å². The predicted molar refractivity (Wildman–Crippen MR) is 459 cm³/mol. The maximum atomic E-state index is 12.9. The number of oxime groups is 2. The number of carbonyl (C=O) groups is 6. The molecular weight excluding hydrogens is 1580 g/mol. The summed E-state index contributed by atoms with van der Waals surface area (Å²) >= 11 is 5.87. The number of fused-ring (bicyclic) bond motifs is 6. The number of benzene rings is 3. The van der Waals surface area contributed by atoms with Crippen molar-refractivity contribution in [3.05, 3.63) is 131 Å². The number of Topliss-reactive ketones (excluding diaryl/α,β-unsaturated/α-hetero) is 1. The van der Waals surface area contributed by atoms with Crippen LogP contribution in [0.5, 0.6) is 0 Å². The van der Waals surface area contributed by atoms with Crippen LogP contribution in [-0.2, 0) is 73.5 Å². The zero-order valence-electron chi connectivity index (χ0n) is 70.4. The molecule has 16 rings (SSSR count). The van der Waals surface area contributed by atoms with Gasteiger partial charge in [0, 0.05) is 85.6 Å². The van der Waals surface area contributed by atoms with Crippen LogP contribution in [0.25, 0.3) is 5.53 Å². The molecule has 6 amide bonds. The largest absolute Gasteiger partial charge is 1.00 e. The molecule has 0 radical (unpaired) electrons. The van der Waals surface area contributed by atoms with E-state index < -0.39 is 18.8 Å². The summed E-state index contributed by atoms with van der Waals surface area (Å²) < 4.78 is 30.3. The van der Waals surface area contributed by atoms with E-state index in [0.717, 1.165) is 149 Å². The standard InChI is InChI=1S/C21H25N3O3.C14H16ClN3O3.C14H17N3O3.C7H12O2.2C7H10.C6H12O.C6H10O.C5H9N2O4P.CH4.Al.Li.4H/c25-21-23-13-17(24(21)26-14-16-5-2-1-3-6-16)9-10-20(23)19-12-18(27-22-19)11-15-7-4-8-15;15-13(16-20)12-7-6-11-8-17(12)14(19)18(11)21-9-10-4-2-1-3-5-10;18-14-16-9-13(7-6-12(16)8-15-19)17(14)20-10-11-4-2-1-3-5-11;1-9-7(8)5-6-3-2-4-6;2*1-2-4-7-5-3-6-7;2*7-5-4-6-2-1-3-6;1-4(8)5(7-6)12(9,10-2)11-3;;;;;;;/h1-3,5-6,12,15,17,20H,4,7-11,13-14H2;1-5,11-12,20H,6-9H2;1-5,8,12-13,19H,6-7,9-10H2;6H,2-5H2,1H3;2*1,7H,3-6H2;6-7H,1-5H2;5-6H,1-4H2;1-3H3;1H4;;;;;;/q;;;;;;;;;;;+1;;;;-1/b;16-13-;15-8+;;;;;;;;;;;;;/t17-,20+;11-,12+;12-,13+;;;;;;;;;;;;;/m110............./s1. The fourth-order valence-corrected chi connectivity index (χ4v) is 16.4. The van der Waals surface area contributed by atoms with Crippen LogP contribution in [0.1, 0.15) is 236 Å². The second-order valence-corrected chi connectivity index (χ2v) is 34.1. The minimum absolute atomic E-state index is 0. The smallest absolute Gasteiger partial charge is 1.00 e. The number of methoxy groups -OCH3 is 1. The Kier molecular flexibility index (Phi) is 47.6. The molecule has 7 heterocycles. The molecule has 120 heavy (non-hydrogen) atoms. The maximum absolute atomic E-state index is 12.9. The first-order valence-corrected chi connectivity index (χ1v) is 43.5. The molecule has 0 spiro atoms. The molecule has 32 heteroatoms. The first-order chi connectivity index (χ1) is 56.8. The summed E-state index contributed by atoms with van der Waals surface area (Å²) in [6.45, 7) is 4.51. The van der Waals surface area contributed by atoms with Crippen molar-refractivity contribution in [1.82, 2.24) is 35.0 Å². The summed E-state index contributed by atoms with van der Waals surface area (Å²) in [6, 6.07) is 30.8. The number of amides is 6. The number of urea groups is 3. The van der Waals surface area contributed by atoms with E-state index in [2.05, 4.69) is 51.9 Å². The van der Waals surface area contributed by atoms with Gasteiger partial charge in [-0.15, -0.1) is 24.7 Å². The molecule has 6 saturated heterocycles. The molecule has 6 aliphatic heterocycles. The number of hydrogen-bond donors (Lipinski definition) is 3. The molecule has 0 unspecified atom stereocenters. The monoisotopic (exact) mass is 1710 g/mol. The van der Waals surface area contributed by atoms with E-state index in [1.165, 1.54) is 139 Å². The Morgan fingerprint density at radius 1 is 0.633 bits per heavy atom. The topological polar surface area (TPSA) is 342 Å². The SMILES string of the molecule is C.C#CCC1CCC1.C#CCC1CCC1.COC(=O)CC1CCC1.COP(=O)(OC)C(=[N+]=[N-])C(C)=O.O=C1N2C[C@@H](CC[C@H]2/C(Cl)=N/O)N1OCc1ccccc1.O=C1N2C[C@@H](CC[C@H]2/C=N/O)N1OCc1ccccc1.O=C1N2C[C@@H](CC[C@H]2c2cc(CC3CCC3)on2)N1OCc1ccccc1.O=CCC1CCC1.OCCC1CCC1.[AlH3].[H-].[Li+]. The summed E-state index contributed by atoms with van der Waals surface area (Å²) in [4.78, 5) is 93.6. The van der Waals surface area contributed by atoms with E-state index in [9.17, 15) is 33.3 Å². The van der Waals surface area contributed by atoms with Crippen molar-refractivity contribution in [3.63, 3.8) is 0 Å². The van der Waals surface area contributed by atoms with E-state index >= 15 is 0 Å². The number of ether oxygens (including phenoxy) is 1. The molecule has 6 aliphatic carbocycles. The molecule has 3 N–H and O–H groups in total. The Morgan fingerprint density at radius 3 is 1.41 bits per heavy atom. The van der Waals surface area contributed by atoms with E-state index in [0.29, 0.717) is 64.8 Å². The number of hydroxylamine groups is 6. The summed E-state index contributed by atoms with van der Waals surface area (Å²) in [5.74, 6) is 10.4. The van der Waals surface area contributed by atoms with Gasteiger partial charge in [0.25, 0.3) is 0 Å². The average Bonchev–Trinajstić information content (AvgIpc) is 1.64. The molecule has 6 saturated carbocycles. The van der Waals surface area contributed by atoms with Crippen molar-refractivity contribution in [2.45, 2.75) is 263 Å². The number of aromatic nitrogens is 1. The fraction of sp³-hybridized carbons (Fsp3) is 0.614. The summed E-state index contributed by atoms with van der Waals surface area (Å²) in [6.07, 6.45) is 47.0. The van der Waals surface area contributed by atoms with Gasteiger partial charge in [-0.25, -0.2) is 18.9 Å². The number of hydrogen-bond acceptors (Lipinski definition) is 20. The van der Waals surface area contributed by atoms with Gasteiger partial charge in [0.2, 0.25) is 5.78 Å². The van der Waals surface area contributed by atoms with Crippen LogP contribution in [0.3, 0.4) is 0 Å². The van der Waals surface area contributed by atoms with Crippen molar-refractivity contribution in [2.75, 3.05) is 47.6 Å². The van der Waals surface area contributed by atoms with Gasteiger partial charge in [0.05, 0.1) is 49.6 Å². The number of nitrogens with zero attached hydrogens (tertiary/aromatic N) is 11. The first-order valence-electron chi connectivity index (χ1n) is 41.6. The summed E-state index contributed by atoms with van der Waals surface area (Å²) in [5.41, 5.74) is 11.7. The van der Waals surface area contributed by atoms with Crippen LogP contribution >= 0.6 is 19.2 Å². The quantitative estimate of drug-likeness (QED) is 0.00502. The van der Waals surface area contributed by atoms with E-state index in [-0.39, 0.29) is 111 Å². The fourth-order valence-electron chi connectivity index (χ4n) is 15.1. The number of halogens is 1. The predicted octanol–water partition coefficient (Wildman–Crippen LogP) is 13.1. The Bertz CT molecular complexity index is 3940. The molecule has 6 atom stereocenters. The average molecular weight is 1710 g/mol. The van der Waals surface area contributed by atoms with Crippen LogP contribution < -0.4 is 18.9 Å². The van der Waals surface area contributed by atoms with Crippen LogP contribution in [0.4, 0.5) is 14.4 Å². The van der Waals surface area contributed by atoms with E-state index in [1.807, 2.05) is 95.9 Å². The number of carbonyl (C=O) groups excluding carboxylic acids is 6. The third kappa shape index (κ3) is 31.6. The van der Waals surface area contributed by atoms with Crippen molar-refractivity contribution < 1.29 is 107 Å². The number of ketones is 1. The molecule has 4 aromatic rings. The summed E-state index contributed by atoms with van der Waals surface area (Å²) in [7, 11) is -0.0603. The number of piperidine rings is 3. The van der Waals surface area contributed by atoms with Crippen molar-refractivity contribution in [3.8, 4) is 24.7 Å². The van der Waals surface area contributed by atoms with Gasteiger partial charge in [0.1, 0.15) is 37.6 Å². The second kappa shape index (κ2) is 55.5. The third-order valence-electron chi connectivity index (χ3n) is 23.6. The van der Waals surface area contributed by atoms with Gasteiger partial charge in [-0.05, 0) is 136 Å². The molecule has 1 aromatic heterocycles. The zero-order chi connectivity index (χ0) is 83.9. The van der Waals surface area contributed by atoms with Gasteiger partial charge >= 0.3 is 56.0 Å². The van der Waals surface area contributed by atoms with E-state index in [4.69, 9.17) is 64.5 Å². The molecule has 654 valence electrons. The Morgan fingerprint density at radius 2 is 1.06 bits per heavy atom. The van der Waals surface area contributed by atoms with Crippen LogP contribution in [0, 0.1) is 60.2 Å². The number of esters is 1. The normalized spacial score (nSPS) is 21.8. The van der Waals surface area contributed by atoms with Gasteiger partial charge in [-0.2, -0.15) is 20.0 Å². The Balaban J connectivity index is 0.000000299. The number of aliphatic hydroxyl groups excluding tert-OH is 1. The minimum Gasteiger partial charge on any atom is -1.00 e. The van der Waals surface area contributed by atoms with Crippen LogP contribution in [0.2, 0.25) is 0 Å². The maximum Gasteiger partial charge on any atom is 1.00 e. The van der Waals surface area contributed by atoms with Gasteiger partial charge in [-0.3, -0.25) is 24.1 Å². The Hall–Kier alpha value is -7.66. The van der Waals surface area contributed by atoms with Crippen LogP contribution in [0.15, 0.2) is 112 Å². The second-order valence-electron chi connectivity index (χ2n) is 31.6.